The Kier molecular flexibility index (Phi) is 7.00. The van der Waals surface area contributed by atoms with Crippen molar-refractivity contribution in [2.75, 3.05) is 0 Å². The van der Waals surface area contributed by atoms with Gasteiger partial charge in [-0.15, -0.1) is 11.3 Å². The zero-order chi connectivity index (χ0) is 24.4. The summed E-state index contributed by atoms with van der Waals surface area (Å²) >= 11 is 7.35. The number of allylic oxidation sites excluding steroid dienone is 2. The molecule has 33 heavy (non-hydrogen) atoms. The number of alkyl halides is 3. The maximum Gasteiger partial charge on any atom is 0.430 e. The second kappa shape index (κ2) is 9.41. The first kappa shape index (κ1) is 24.5. The van der Waals surface area contributed by atoms with Crippen LogP contribution in [0.4, 0.5) is 18.9 Å². The van der Waals surface area contributed by atoms with Crippen molar-refractivity contribution in [1.82, 2.24) is 0 Å². The van der Waals surface area contributed by atoms with Crippen molar-refractivity contribution in [3.63, 3.8) is 0 Å². The van der Waals surface area contributed by atoms with Gasteiger partial charge < -0.3 is 10.8 Å². The summed E-state index contributed by atoms with van der Waals surface area (Å²) in [7, 11) is 0. The Hall–Kier alpha value is -3.10. The molecule has 1 aromatic heterocycles. The number of hydrogen-bond acceptors (Lipinski definition) is 4. The van der Waals surface area contributed by atoms with Crippen LogP contribution < -0.4 is 5.73 Å². The molecule has 0 spiro atoms. The van der Waals surface area contributed by atoms with Crippen molar-refractivity contribution in [2.45, 2.75) is 25.4 Å². The molecule has 1 heterocycles. The van der Waals surface area contributed by atoms with Crippen molar-refractivity contribution < 1.29 is 23.1 Å². The van der Waals surface area contributed by atoms with E-state index in [1.54, 1.807) is 68.4 Å². The molecule has 0 bridgehead atoms. The summed E-state index contributed by atoms with van der Waals surface area (Å²) in [6, 6.07) is 17.0. The molecule has 0 saturated heterocycles. The molecular weight excluding hydrogens is 473 g/mol. The average molecular weight is 493 g/mol. The van der Waals surface area contributed by atoms with E-state index in [1.807, 2.05) is 6.07 Å². The average Bonchev–Trinajstić information content (AvgIpc) is 3.24. The highest BCUT2D eigenvalue weighted by Gasteiger charge is 2.32. The fraction of sp³-hybridized carbons (Fsp3) is 0.167. The third-order valence-corrected chi connectivity index (χ3v) is 6.45. The van der Waals surface area contributed by atoms with E-state index in [1.165, 1.54) is 11.3 Å². The van der Waals surface area contributed by atoms with E-state index in [-0.39, 0.29) is 10.7 Å². The van der Waals surface area contributed by atoms with Crippen molar-refractivity contribution >= 4 is 40.3 Å². The van der Waals surface area contributed by atoms with Crippen molar-refractivity contribution in [2.24, 2.45) is 10.7 Å². The lowest BCUT2D eigenvalue weighted by molar-refractivity contribution is -0.142. The van der Waals surface area contributed by atoms with Gasteiger partial charge in [-0.05, 0) is 61.4 Å². The second-order valence-corrected chi connectivity index (χ2v) is 9.21. The van der Waals surface area contributed by atoms with Gasteiger partial charge in [0, 0.05) is 4.88 Å². The van der Waals surface area contributed by atoms with E-state index < -0.39 is 23.3 Å². The molecule has 3 N–H and O–H groups in total. The number of aliphatic carboxylic acids is 1. The summed E-state index contributed by atoms with van der Waals surface area (Å²) in [5, 5.41) is 9.80. The lowest BCUT2D eigenvalue weighted by Gasteiger charge is -2.20. The van der Waals surface area contributed by atoms with Gasteiger partial charge in [-0.1, -0.05) is 41.9 Å². The number of para-hydroxylation sites is 1. The van der Waals surface area contributed by atoms with Crippen molar-refractivity contribution in [3.05, 3.63) is 87.9 Å². The molecule has 0 aliphatic carbocycles. The highest BCUT2D eigenvalue weighted by atomic mass is 35.5. The van der Waals surface area contributed by atoms with Crippen LogP contribution in [0, 0.1) is 0 Å². The van der Waals surface area contributed by atoms with Crippen LogP contribution >= 0.6 is 22.9 Å². The van der Waals surface area contributed by atoms with Gasteiger partial charge in [-0.25, -0.2) is 4.99 Å². The third-order valence-electron chi connectivity index (χ3n) is 4.97. The van der Waals surface area contributed by atoms with Crippen LogP contribution in [0.5, 0.6) is 0 Å². The maximum absolute atomic E-state index is 13.1. The Balaban J connectivity index is 2.08. The number of nitrogens with zero attached hydrogens (tertiary/aromatic N) is 1. The Morgan fingerprint density at radius 1 is 1.09 bits per heavy atom. The number of nitrogens with two attached hydrogens (primary N) is 1. The monoisotopic (exact) mass is 492 g/mol. The van der Waals surface area contributed by atoms with Gasteiger partial charge in [-0.2, -0.15) is 13.2 Å². The second-order valence-electron chi connectivity index (χ2n) is 7.72. The fourth-order valence-electron chi connectivity index (χ4n) is 2.88. The minimum Gasteiger partial charge on any atom is -0.481 e. The first-order chi connectivity index (χ1) is 15.4. The Bertz CT molecular complexity index is 1250. The predicted octanol–water partition coefficient (Wildman–Crippen LogP) is 6.96. The molecule has 0 atom stereocenters. The van der Waals surface area contributed by atoms with E-state index >= 15 is 0 Å². The summed E-state index contributed by atoms with van der Waals surface area (Å²) in [5.41, 5.74) is 4.54. The van der Waals surface area contributed by atoms with Gasteiger partial charge in [0.15, 0.2) is 0 Å². The molecule has 3 aromatic rings. The lowest BCUT2D eigenvalue weighted by Crippen LogP contribution is -2.28. The number of carbonyl (C=O) groups is 1. The molecule has 3 rings (SSSR count). The predicted molar refractivity (Wildman–Crippen MR) is 126 cm³/mol. The topological polar surface area (TPSA) is 75.7 Å². The van der Waals surface area contributed by atoms with Gasteiger partial charge in [0.05, 0.1) is 26.7 Å². The zero-order valence-electron chi connectivity index (χ0n) is 17.7. The minimum atomic E-state index is -4.71. The van der Waals surface area contributed by atoms with Gasteiger partial charge in [0.2, 0.25) is 0 Å². The summed E-state index contributed by atoms with van der Waals surface area (Å²) in [4.78, 5) is 17.1. The molecule has 0 unspecified atom stereocenters. The highest BCUT2D eigenvalue weighted by Crippen LogP contribution is 2.34. The molecule has 0 fully saturated rings. The van der Waals surface area contributed by atoms with Crippen LogP contribution in [0.1, 0.15) is 24.3 Å². The Morgan fingerprint density at radius 3 is 2.42 bits per heavy atom. The largest absolute Gasteiger partial charge is 0.481 e. The van der Waals surface area contributed by atoms with Crippen LogP contribution in [-0.4, -0.2) is 23.0 Å². The first-order valence-electron chi connectivity index (χ1n) is 9.71. The highest BCUT2D eigenvalue weighted by molar-refractivity contribution is 7.17. The summed E-state index contributed by atoms with van der Waals surface area (Å²) in [6.45, 7) is 3.21. The molecule has 0 radical (unpaired) electrons. The standard InChI is InChI=1S/C24H20ClF3N2O2S/c1-23(2,22(31)32)15-7-5-6-14(12-15)19-10-11-20(33-19)18(13-21(29)24(26,27)28)30-17-9-4-3-8-16(17)25/h3-13H,29H2,1-2H3,(H,31,32)/b21-13-,30-18?. The van der Waals surface area contributed by atoms with E-state index in [0.29, 0.717) is 16.1 Å². The van der Waals surface area contributed by atoms with Crippen LogP contribution in [0.2, 0.25) is 5.02 Å². The van der Waals surface area contributed by atoms with Gasteiger partial charge in [0.1, 0.15) is 5.70 Å². The molecule has 2 aromatic carbocycles. The lowest BCUT2D eigenvalue weighted by atomic mass is 9.84. The molecule has 4 nitrogen and oxygen atoms in total. The van der Waals surface area contributed by atoms with E-state index in [9.17, 15) is 23.1 Å². The Morgan fingerprint density at radius 2 is 1.79 bits per heavy atom. The molecule has 0 aliphatic heterocycles. The van der Waals surface area contributed by atoms with E-state index in [4.69, 9.17) is 17.3 Å². The van der Waals surface area contributed by atoms with Crippen LogP contribution in [0.25, 0.3) is 10.4 Å². The number of carboxylic acids is 1. The van der Waals surface area contributed by atoms with Crippen molar-refractivity contribution in [3.8, 4) is 10.4 Å². The van der Waals surface area contributed by atoms with Gasteiger partial charge in [0.25, 0.3) is 0 Å². The number of rotatable bonds is 6. The number of benzene rings is 2. The van der Waals surface area contributed by atoms with Crippen LogP contribution in [-0.2, 0) is 10.2 Å². The van der Waals surface area contributed by atoms with Gasteiger partial charge in [-0.3, -0.25) is 4.79 Å². The zero-order valence-corrected chi connectivity index (χ0v) is 19.2. The normalized spacial score (nSPS) is 13.3. The number of halogens is 4. The van der Waals surface area contributed by atoms with E-state index in [0.717, 1.165) is 16.5 Å². The molecule has 0 aliphatic rings. The first-order valence-corrected chi connectivity index (χ1v) is 10.9. The summed E-state index contributed by atoms with van der Waals surface area (Å²) < 4.78 is 39.3. The summed E-state index contributed by atoms with van der Waals surface area (Å²) in [6.07, 6.45) is -3.93. The maximum atomic E-state index is 13.1. The number of thiophene rings is 1. The molecule has 0 amide bonds. The minimum absolute atomic E-state index is 0.0104. The van der Waals surface area contributed by atoms with Crippen molar-refractivity contribution in [1.29, 1.82) is 0 Å². The third kappa shape index (κ3) is 5.64. The quantitative estimate of drug-likeness (QED) is 0.365. The summed E-state index contributed by atoms with van der Waals surface area (Å²) in [5.74, 6) is -0.964. The number of carboxylic acid groups (broad SMARTS) is 1. The SMILES string of the molecule is CC(C)(C(=O)O)c1cccc(-c2ccc(C(/C=C(\N)C(F)(F)F)=Nc3ccccc3Cl)s2)c1. The molecule has 172 valence electrons. The number of hydrogen-bond donors (Lipinski definition) is 2. The van der Waals surface area contributed by atoms with Crippen LogP contribution in [0.15, 0.2) is 77.4 Å². The number of aliphatic imine (C=N–C) groups is 1. The smallest absolute Gasteiger partial charge is 0.430 e. The molecule has 0 saturated carbocycles. The molecule has 9 heteroatoms. The fourth-order valence-corrected chi connectivity index (χ4v) is 4.02. The van der Waals surface area contributed by atoms with E-state index in [2.05, 4.69) is 4.99 Å². The van der Waals surface area contributed by atoms with Gasteiger partial charge >= 0.3 is 12.1 Å². The van der Waals surface area contributed by atoms with Crippen LogP contribution in [0.3, 0.4) is 0 Å². The molecular formula is C24H20ClF3N2O2S. The Labute approximate surface area is 197 Å².